The van der Waals surface area contributed by atoms with Gasteiger partial charge in [0.1, 0.15) is 0 Å². The summed E-state index contributed by atoms with van der Waals surface area (Å²) in [5.74, 6) is 0. The lowest BCUT2D eigenvalue weighted by Gasteiger charge is -2.25. The van der Waals surface area contributed by atoms with Crippen molar-refractivity contribution in [3.63, 3.8) is 0 Å². The number of benzene rings is 1. The molecule has 0 saturated heterocycles. The summed E-state index contributed by atoms with van der Waals surface area (Å²) in [6.07, 6.45) is 3.62. The molecule has 1 aromatic carbocycles. The summed E-state index contributed by atoms with van der Waals surface area (Å²) in [4.78, 5) is 4.41. The van der Waals surface area contributed by atoms with E-state index in [2.05, 4.69) is 34.9 Å². The molecule has 2 aromatic rings. The molecule has 0 atom stereocenters. The molecule has 0 aliphatic rings. The number of nitrogens with zero attached hydrogens (tertiary/aromatic N) is 1. The summed E-state index contributed by atoms with van der Waals surface area (Å²) in [6.45, 7) is 4.99. The zero-order valence-electron chi connectivity index (χ0n) is 13.0. The van der Waals surface area contributed by atoms with Crippen molar-refractivity contribution in [2.45, 2.75) is 24.2 Å². The first-order valence-corrected chi connectivity index (χ1v) is 8.51. The highest BCUT2D eigenvalue weighted by atomic mass is 32.2. The Balaban J connectivity index is 2.06. The zero-order chi connectivity index (χ0) is 16.2. The summed E-state index contributed by atoms with van der Waals surface area (Å²) in [7, 11) is -1.99. The van der Waals surface area contributed by atoms with Crippen LogP contribution in [0.3, 0.4) is 0 Å². The lowest BCUT2D eigenvalue weighted by molar-refractivity contribution is 0.554. The minimum atomic E-state index is -3.39. The lowest BCUT2D eigenvalue weighted by atomic mass is 9.85. The largest absolute Gasteiger partial charge is 0.384 e. The molecule has 0 spiro atoms. The van der Waals surface area contributed by atoms with E-state index >= 15 is 0 Å². The third kappa shape index (κ3) is 3.84. The predicted molar refractivity (Wildman–Crippen MR) is 88.4 cm³/mol. The highest BCUT2D eigenvalue weighted by Crippen LogP contribution is 2.23. The second kappa shape index (κ2) is 6.46. The Kier molecular flexibility index (Phi) is 4.83. The van der Waals surface area contributed by atoms with Gasteiger partial charge in [0.25, 0.3) is 0 Å². The number of sulfonamides is 1. The number of aromatic nitrogens is 1. The number of pyridine rings is 1. The molecule has 1 aromatic heterocycles. The van der Waals surface area contributed by atoms with Crippen molar-refractivity contribution >= 4 is 15.7 Å². The first kappa shape index (κ1) is 16.5. The average Bonchev–Trinajstić information content (AvgIpc) is 2.54. The van der Waals surface area contributed by atoms with Gasteiger partial charge in [-0.25, -0.2) is 13.1 Å². The van der Waals surface area contributed by atoms with Crippen molar-refractivity contribution in [1.29, 1.82) is 0 Å². The highest BCUT2D eigenvalue weighted by Gasteiger charge is 2.20. The highest BCUT2D eigenvalue weighted by molar-refractivity contribution is 7.89. The van der Waals surface area contributed by atoms with Crippen LogP contribution in [-0.4, -0.2) is 27.0 Å². The predicted octanol–water partition coefficient (Wildman–Crippen LogP) is 2.38. The number of rotatable bonds is 6. The van der Waals surface area contributed by atoms with Crippen LogP contribution in [0.2, 0.25) is 0 Å². The molecule has 0 radical (unpaired) electrons. The van der Waals surface area contributed by atoms with Gasteiger partial charge < -0.3 is 5.32 Å². The second-order valence-corrected chi connectivity index (χ2v) is 7.60. The van der Waals surface area contributed by atoms with E-state index in [0.29, 0.717) is 0 Å². The van der Waals surface area contributed by atoms with Crippen LogP contribution in [0.1, 0.15) is 19.4 Å². The molecule has 0 unspecified atom stereocenters. The Hall–Kier alpha value is -1.92. The monoisotopic (exact) mass is 319 g/mol. The molecule has 0 amide bonds. The summed E-state index contributed by atoms with van der Waals surface area (Å²) >= 11 is 0. The van der Waals surface area contributed by atoms with Crippen molar-refractivity contribution in [2.24, 2.45) is 0 Å². The molecule has 2 rings (SSSR count). The maximum atomic E-state index is 11.7. The van der Waals surface area contributed by atoms with Crippen LogP contribution in [0.15, 0.2) is 53.7 Å². The van der Waals surface area contributed by atoms with Crippen molar-refractivity contribution in [1.82, 2.24) is 9.71 Å². The van der Waals surface area contributed by atoms with Gasteiger partial charge in [-0.2, -0.15) is 0 Å². The second-order valence-electron chi connectivity index (χ2n) is 5.71. The molecule has 0 aliphatic carbocycles. The molecule has 0 aliphatic heterocycles. The Bertz CT molecular complexity index is 711. The van der Waals surface area contributed by atoms with Crippen LogP contribution < -0.4 is 10.0 Å². The van der Waals surface area contributed by atoms with Gasteiger partial charge in [0, 0.05) is 30.0 Å². The van der Waals surface area contributed by atoms with E-state index in [0.717, 1.165) is 17.8 Å². The maximum absolute atomic E-state index is 11.7. The van der Waals surface area contributed by atoms with Gasteiger partial charge in [-0.05, 0) is 42.9 Å². The molecule has 0 bridgehead atoms. The molecule has 0 fully saturated rings. The minimum Gasteiger partial charge on any atom is -0.384 e. The number of anilines is 1. The smallest absolute Gasteiger partial charge is 0.240 e. The van der Waals surface area contributed by atoms with Crippen LogP contribution >= 0.6 is 0 Å². The summed E-state index contributed by atoms with van der Waals surface area (Å²) in [5.41, 5.74) is 1.95. The van der Waals surface area contributed by atoms with Gasteiger partial charge in [0.2, 0.25) is 10.0 Å². The Morgan fingerprint density at radius 3 is 2.36 bits per heavy atom. The molecule has 5 nitrogen and oxygen atoms in total. The Morgan fingerprint density at radius 2 is 1.82 bits per heavy atom. The van der Waals surface area contributed by atoms with Gasteiger partial charge in [-0.3, -0.25) is 4.98 Å². The number of hydrogen-bond acceptors (Lipinski definition) is 4. The molecule has 2 N–H and O–H groups in total. The van der Waals surface area contributed by atoms with Gasteiger partial charge in [0.05, 0.1) is 4.90 Å². The molecule has 0 saturated carbocycles. The molecule has 6 heteroatoms. The molecule has 22 heavy (non-hydrogen) atoms. The molecule has 1 heterocycles. The van der Waals surface area contributed by atoms with E-state index in [1.807, 2.05) is 12.3 Å². The fourth-order valence-electron chi connectivity index (χ4n) is 2.06. The van der Waals surface area contributed by atoms with Crippen LogP contribution in [-0.2, 0) is 15.4 Å². The lowest BCUT2D eigenvalue weighted by Crippen LogP contribution is -2.27. The van der Waals surface area contributed by atoms with Crippen LogP contribution in [0.4, 0.5) is 5.69 Å². The third-order valence-corrected chi connectivity index (χ3v) is 5.04. The normalized spacial score (nSPS) is 12.1. The van der Waals surface area contributed by atoms with Crippen molar-refractivity contribution in [3.05, 3.63) is 54.4 Å². The maximum Gasteiger partial charge on any atom is 0.240 e. The van der Waals surface area contributed by atoms with Gasteiger partial charge in [-0.15, -0.1) is 0 Å². The van der Waals surface area contributed by atoms with Crippen LogP contribution in [0.25, 0.3) is 0 Å². The average molecular weight is 319 g/mol. The molecular formula is C16H21N3O2S. The fourth-order valence-corrected chi connectivity index (χ4v) is 2.79. The van der Waals surface area contributed by atoms with Gasteiger partial charge in [-0.1, -0.05) is 19.9 Å². The fraction of sp³-hybridized carbons (Fsp3) is 0.312. The Labute approximate surface area is 131 Å². The van der Waals surface area contributed by atoms with E-state index < -0.39 is 10.0 Å². The van der Waals surface area contributed by atoms with Crippen molar-refractivity contribution in [2.75, 3.05) is 18.9 Å². The van der Waals surface area contributed by atoms with Gasteiger partial charge >= 0.3 is 0 Å². The first-order valence-electron chi connectivity index (χ1n) is 7.03. The van der Waals surface area contributed by atoms with E-state index in [4.69, 9.17) is 0 Å². The standard InChI is InChI=1S/C16H21N3O2S/c1-16(2,13-5-4-10-18-11-13)12-19-14-6-8-15(9-7-14)22(20,21)17-3/h4-11,17,19H,12H2,1-3H3. The number of hydrogen-bond donors (Lipinski definition) is 2. The van der Waals surface area contributed by atoms with E-state index in [1.54, 1.807) is 30.5 Å². The topological polar surface area (TPSA) is 71.1 Å². The quantitative estimate of drug-likeness (QED) is 0.857. The SMILES string of the molecule is CNS(=O)(=O)c1ccc(NCC(C)(C)c2cccnc2)cc1. The third-order valence-electron chi connectivity index (χ3n) is 3.61. The summed E-state index contributed by atoms with van der Waals surface area (Å²) in [6, 6.07) is 10.7. The minimum absolute atomic E-state index is 0.0794. The van der Waals surface area contributed by atoms with Crippen molar-refractivity contribution < 1.29 is 8.42 Å². The number of nitrogens with one attached hydrogen (secondary N) is 2. The summed E-state index contributed by atoms with van der Waals surface area (Å²) < 4.78 is 25.7. The van der Waals surface area contributed by atoms with E-state index in [-0.39, 0.29) is 10.3 Å². The Morgan fingerprint density at radius 1 is 1.14 bits per heavy atom. The van der Waals surface area contributed by atoms with E-state index in [1.165, 1.54) is 7.05 Å². The van der Waals surface area contributed by atoms with E-state index in [9.17, 15) is 8.42 Å². The summed E-state index contributed by atoms with van der Waals surface area (Å²) in [5, 5.41) is 3.34. The first-order chi connectivity index (χ1) is 10.3. The van der Waals surface area contributed by atoms with Crippen molar-refractivity contribution in [3.8, 4) is 0 Å². The zero-order valence-corrected chi connectivity index (χ0v) is 13.8. The van der Waals surface area contributed by atoms with Crippen LogP contribution in [0.5, 0.6) is 0 Å². The molecular weight excluding hydrogens is 298 g/mol. The van der Waals surface area contributed by atoms with Gasteiger partial charge in [0.15, 0.2) is 0 Å². The van der Waals surface area contributed by atoms with Crippen LogP contribution in [0, 0.1) is 0 Å². The molecule has 118 valence electrons.